The topological polar surface area (TPSA) is 79.0 Å². The van der Waals surface area contributed by atoms with Crippen LogP contribution < -0.4 is 4.74 Å². The second-order valence-electron chi connectivity index (χ2n) is 8.08. The van der Waals surface area contributed by atoms with Gasteiger partial charge >= 0.3 is 0 Å². The van der Waals surface area contributed by atoms with Gasteiger partial charge in [0.2, 0.25) is 0 Å². The van der Waals surface area contributed by atoms with Gasteiger partial charge in [0.25, 0.3) is 0 Å². The Morgan fingerprint density at radius 2 is 1.91 bits per heavy atom. The Hall–Kier alpha value is -4.52. The summed E-state index contributed by atoms with van der Waals surface area (Å²) in [5.41, 5.74) is 6.88. The molecule has 34 heavy (non-hydrogen) atoms. The van der Waals surface area contributed by atoms with E-state index in [1.54, 1.807) is 18.5 Å². The molecule has 166 valence electrons. The Bertz CT molecular complexity index is 1640. The molecule has 0 spiro atoms. The van der Waals surface area contributed by atoms with Gasteiger partial charge in [0, 0.05) is 40.4 Å². The van der Waals surface area contributed by atoms with E-state index < -0.39 is 0 Å². The average molecular weight is 449 g/mol. The van der Waals surface area contributed by atoms with Gasteiger partial charge in [0.15, 0.2) is 0 Å². The van der Waals surface area contributed by atoms with Crippen molar-refractivity contribution in [1.29, 1.82) is 0 Å². The molecule has 0 unspecified atom stereocenters. The van der Waals surface area contributed by atoms with Crippen molar-refractivity contribution >= 4 is 33.7 Å². The predicted octanol–water partition coefficient (Wildman–Crippen LogP) is 6.29. The third-order valence-corrected chi connectivity index (χ3v) is 5.96. The number of ether oxygens (including phenoxy) is 1. The molecule has 3 aromatic heterocycles. The minimum Gasteiger partial charge on any atom is -0.497 e. The van der Waals surface area contributed by atoms with Gasteiger partial charge in [-0.2, -0.15) is 5.10 Å². The Kier molecular flexibility index (Phi) is 4.80. The fourth-order valence-corrected chi connectivity index (χ4v) is 4.31. The zero-order valence-electron chi connectivity index (χ0n) is 18.3. The van der Waals surface area contributed by atoms with E-state index >= 15 is 0 Å². The first-order chi connectivity index (χ1) is 16.7. The highest BCUT2D eigenvalue weighted by Crippen LogP contribution is 2.35. The molecule has 5 aromatic rings. The average Bonchev–Trinajstić information content (AvgIpc) is 3.37. The Morgan fingerprint density at radius 3 is 2.82 bits per heavy atom. The lowest BCUT2D eigenvalue weighted by Gasteiger charge is -2.06. The molecule has 1 aliphatic heterocycles. The summed E-state index contributed by atoms with van der Waals surface area (Å²) in [6.07, 6.45) is 12.3. The number of methoxy groups -OCH3 is 1. The summed E-state index contributed by atoms with van der Waals surface area (Å²) in [5, 5.41) is 9.61. The van der Waals surface area contributed by atoms with Crippen LogP contribution in [-0.4, -0.2) is 33.5 Å². The fourth-order valence-electron chi connectivity index (χ4n) is 4.31. The summed E-state index contributed by atoms with van der Waals surface area (Å²) in [6, 6.07) is 12.8. The molecule has 0 saturated carbocycles. The van der Waals surface area contributed by atoms with Crippen LogP contribution in [0.15, 0.2) is 78.1 Å². The molecule has 1 aliphatic rings. The number of nitrogens with zero attached hydrogens (tertiary/aromatic N) is 3. The SMILES string of the molecule is COc1cc(F)cc(-c2cncc3[nH]c(-c4n[nH]c5ccc(C6=CCC=CC=N6)cc45)cc23)c1. The van der Waals surface area contributed by atoms with Crippen molar-refractivity contribution in [1.82, 2.24) is 20.2 Å². The van der Waals surface area contributed by atoms with Crippen LogP contribution in [0.25, 0.3) is 50.0 Å². The number of H-pyrrole nitrogens is 2. The van der Waals surface area contributed by atoms with Gasteiger partial charge in [-0.25, -0.2) is 4.39 Å². The third-order valence-electron chi connectivity index (χ3n) is 5.96. The maximum atomic E-state index is 14.2. The van der Waals surface area contributed by atoms with Crippen LogP contribution in [0.3, 0.4) is 0 Å². The summed E-state index contributed by atoms with van der Waals surface area (Å²) in [7, 11) is 1.52. The van der Waals surface area contributed by atoms with Gasteiger partial charge in [0.1, 0.15) is 17.3 Å². The zero-order chi connectivity index (χ0) is 23.1. The number of aliphatic imine (C=N–C) groups is 1. The Labute approximate surface area is 194 Å². The molecule has 0 aliphatic carbocycles. The van der Waals surface area contributed by atoms with Crippen molar-refractivity contribution in [3.63, 3.8) is 0 Å². The molecule has 2 aromatic carbocycles. The molecule has 0 radical (unpaired) electrons. The highest BCUT2D eigenvalue weighted by Gasteiger charge is 2.16. The lowest BCUT2D eigenvalue weighted by molar-refractivity contribution is 0.411. The number of rotatable bonds is 4. The number of halogens is 1. The maximum absolute atomic E-state index is 14.2. The minimum atomic E-state index is -0.362. The highest BCUT2D eigenvalue weighted by molar-refractivity contribution is 6.01. The Morgan fingerprint density at radius 1 is 0.971 bits per heavy atom. The molecular weight excluding hydrogens is 429 g/mol. The van der Waals surface area contributed by atoms with Crippen molar-refractivity contribution in [3.05, 3.63) is 84.5 Å². The van der Waals surface area contributed by atoms with E-state index in [-0.39, 0.29) is 5.82 Å². The summed E-state index contributed by atoms with van der Waals surface area (Å²) in [6.45, 7) is 0. The molecule has 0 bridgehead atoms. The lowest BCUT2D eigenvalue weighted by atomic mass is 10.0. The van der Waals surface area contributed by atoms with Crippen molar-refractivity contribution in [3.8, 4) is 28.3 Å². The number of pyridine rings is 1. The van der Waals surface area contributed by atoms with Crippen molar-refractivity contribution in [2.75, 3.05) is 7.11 Å². The van der Waals surface area contributed by atoms with Crippen molar-refractivity contribution in [2.45, 2.75) is 6.42 Å². The van der Waals surface area contributed by atoms with Crippen molar-refractivity contribution < 1.29 is 9.13 Å². The lowest BCUT2D eigenvalue weighted by Crippen LogP contribution is -1.88. The molecule has 0 fully saturated rings. The number of hydrogen-bond donors (Lipinski definition) is 2. The zero-order valence-corrected chi connectivity index (χ0v) is 18.3. The molecule has 7 heteroatoms. The first kappa shape index (κ1) is 20.1. The largest absolute Gasteiger partial charge is 0.497 e. The number of allylic oxidation sites excluding steroid dienone is 3. The van der Waals surface area contributed by atoms with E-state index in [9.17, 15) is 4.39 Å². The predicted molar refractivity (Wildman–Crippen MR) is 133 cm³/mol. The molecule has 6 nitrogen and oxygen atoms in total. The first-order valence-corrected chi connectivity index (χ1v) is 10.9. The third kappa shape index (κ3) is 3.47. The number of hydrogen-bond acceptors (Lipinski definition) is 4. The smallest absolute Gasteiger partial charge is 0.127 e. The highest BCUT2D eigenvalue weighted by atomic mass is 19.1. The summed E-state index contributed by atoms with van der Waals surface area (Å²) < 4.78 is 19.4. The van der Waals surface area contributed by atoms with Gasteiger partial charge in [-0.1, -0.05) is 18.2 Å². The second kappa shape index (κ2) is 8.12. The summed E-state index contributed by atoms with van der Waals surface area (Å²) in [5.74, 6) is 0.0953. The Balaban J connectivity index is 1.48. The van der Waals surface area contributed by atoms with Gasteiger partial charge in [-0.05, 0) is 48.4 Å². The molecule has 0 amide bonds. The van der Waals surface area contributed by atoms with E-state index in [1.807, 2.05) is 30.5 Å². The van der Waals surface area contributed by atoms with Crippen LogP contribution in [-0.2, 0) is 0 Å². The fraction of sp³-hybridized carbons (Fsp3) is 0.0741. The number of fused-ring (bicyclic) bond motifs is 2. The van der Waals surface area contributed by atoms with Crippen LogP contribution in [0.4, 0.5) is 4.39 Å². The quantitative estimate of drug-likeness (QED) is 0.338. The number of aromatic nitrogens is 4. The van der Waals surface area contributed by atoms with E-state index in [2.05, 4.69) is 43.4 Å². The van der Waals surface area contributed by atoms with Gasteiger partial charge < -0.3 is 9.72 Å². The molecule has 4 heterocycles. The molecule has 2 N–H and O–H groups in total. The van der Waals surface area contributed by atoms with E-state index in [4.69, 9.17) is 4.74 Å². The molecule has 0 saturated heterocycles. The second-order valence-corrected chi connectivity index (χ2v) is 8.08. The summed E-state index contributed by atoms with van der Waals surface area (Å²) >= 11 is 0. The van der Waals surface area contributed by atoms with Gasteiger partial charge in [-0.15, -0.1) is 0 Å². The monoisotopic (exact) mass is 449 g/mol. The van der Waals surface area contributed by atoms with E-state index in [1.165, 1.54) is 19.2 Å². The standard InChI is InChI=1S/C27H20FN5O/c1-34-19-10-17(9-18(28)12-19)22-14-29-15-26-20(22)13-25(31-26)27-21-11-16(6-7-24(21)32-33-27)23-5-3-2-4-8-30-23/h2,4-15,31H,3H2,1H3,(H,32,33). The van der Waals surface area contributed by atoms with Crippen LogP contribution in [0.2, 0.25) is 0 Å². The van der Waals surface area contributed by atoms with Crippen LogP contribution in [0.5, 0.6) is 5.75 Å². The van der Waals surface area contributed by atoms with Gasteiger partial charge in [-0.3, -0.25) is 15.1 Å². The summed E-state index contributed by atoms with van der Waals surface area (Å²) in [4.78, 5) is 12.3. The normalized spacial score (nSPS) is 13.4. The van der Waals surface area contributed by atoms with Crippen molar-refractivity contribution in [2.24, 2.45) is 4.99 Å². The van der Waals surface area contributed by atoms with E-state index in [0.29, 0.717) is 11.3 Å². The number of aromatic amines is 2. The molecule has 0 atom stereocenters. The van der Waals surface area contributed by atoms with Gasteiger partial charge in [0.05, 0.1) is 35.7 Å². The maximum Gasteiger partial charge on any atom is 0.127 e. The minimum absolute atomic E-state index is 0.362. The van der Waals surface area contributed by atoms with E-state index in [0.717, 1.165) is 56.4 Å². The van der Waals surface area contributed by atoms with Crippen LogP contribution in [0.1, 0.15) is 12.0 Å². The number of benzene rings is 2. The molecule has 6 rings (SSSR count). The van der Waals surface area contributed by atoms with Crippen LogP contribution in [0, 0.1) is 5.82 Å². The van der Waals surface area contributed by atoms with Crippen LogP contribution >= 0.6 is 0 Å². The molecular formula is C27H20FN5O. The number of nitrogens with one attached hydrogen (secondary N) is 2. The first-order valence-electron chi connectivity index (χ1n) is 10.9.